The third kappa shape index (κ3) is 3.09. The van der Waals surface area contributed by atoms with Gasteiger partial charge in [-0.05, 0) is 49.6 Å². The number of hydrogen-bond acceptors (Lipinski definition) is 4. The number of anilines is 1. The number of nitrogens with one attached hydrogen (secondary N) is 1. The summed E-state index contributed by atoms with van der Waals surface area (Å²) in [6.45, 7) is 2.09. The number of pyridine rings is 1. The van der Waals surface area contributed by atoms with Crippen molar-refractivity contribution in [3.05, 3.63) is 42.1 Å². The van der Waals surface area contributed by atoms with Crippen molar-refractivity contribution in [1.82, 2.24) is 9.38 Å². The molecule has 1 fully saturated rings. The van der Waals surface area contributed by atoms with Crippen LogP contribution in [-0.4, -0.2) is 27.6 Å². The lowest BCUT2D eigenvalue weighted by atomic mass is 9.95. The second-order valence-electron chi connectivity index (χ2n) is 7.11. The molecular formula is C21H25N3O2. The fraction of sp³-hybridized carbons (Fsp3) is 0.381. The molecule has 0 unspecified atom stereocenters. The van der Waals surface area contributed by atoms with Gasteiger partial charge in [0.2, 0.25) is 0 Å². The van der Waals surface area contributed by atoms with Crippen molar-refractivity contribution in [2.75, 3.05) is 12.4 Å². The Labute approximate surface area is 153 Å². The zero-order chi connectivity index (χ0) is 18.1. The van der Waals surface area contributed by atoms with Gasteiger partial charge in [-0.1, -0.05) is 25.3 Å². The van der Waals surface area contributed by atoms with Gasteiger partial charge in [-0.25, -0.2) is 4.98 Å². The summed E-state index contributed by atoms with van der Waals surface area (Å²) in [5.41, 5.74) is 3.83. The lowest BCUT2D eigenvalue weighted by Crippen LogP contribution is -2.23. The monoisotopic (exact) mass is 351 g/mol. The molecule has 26 heavy (non-hydrogen) atoms. The van der Waals surface area contributed by atoms with E-state index in [1.807, 2.05) is 12.1 Å². The van der Waals surface area contributed by atoms with Gasteiger partial charge in [-0.2, -0.15) is 0 Å². The number of methoxy groups -OCH3 is 1. The molecule has 0 spiro atoms. The van der Waals surface area contributed by atoms with E-state index < -0.39 is 0 Å². The average Bonchev–Trinajstić information content (AvgIpc) is 3.00. The van der Waals surface area contributed by atoms with Crippen LogP contribution in [0.1, 0.15) is 37.7 Å². The molecule has 4 rings (SSSR count). The number of fused-ring (bicyclic) bond motifs is 1. The fourth-order valence-corrected chi connectivity index (χ4v) is 3.77. The van der Waals surface area contributed by atoms with Crippen LogP contribution in [0.15, 0.2) is 36.5 Å². The van der Waals surface area contributed by atoms with Crippen molar-refractivity contribution < 1.29 is 9.84 Å². The lowest BCUT2D eigenvalue weighted by molar-refractivity contribution is 0.373. The summed E-state index contributed by atoms with van der Waals surface area (Å²) in [7, 11) is 1.55. The molecule has 1 saturated carbocycles. The number of nitrogens with zero attached hydrogens (tertiary/aromatic N) is 2. The topological polar surface area (TPSA) is 58.8 Å². The largest absolute Gasteiger partial charge is 0.504 e. The molecule has 3 aromatic rings. The van der Waals surface area contributed by atoms with Gasteiger partial charge in [0.15, 0.2) is 11.5 Å². The van der Waals surface area contributed by atoms with Gasteiger partial charge in [0.1, 0.15) is 17.2 Å². The summed E-state index contributed by atoms with van der Waals surface area (Å²) in [5, 5.41) is 13.9. The number of aromatic hydroxyl groups is 1. The first-order chi connectivity index (χ1) is 12.7. The zero-order valence-electron chi connectivity index (χ0n) is 15.3. The Hall–Kier alpha value is -2.69. The van der Waals surface area contributed by atoms with E-state index in [0.29, 0.717) is 11.8 Å². The molecule has 0 atom stereocenters. The fourth-order valence-electron chi connectivity index (χ4n) is 3.77. The smallest absolute Gasteiger partial charge is 0.160 e. The molecule has 0 bridgehead atoms. The minimum Gasteiger partial charge on any atom is -0.504 e. The predicted molar refractivity (Wildman–Crippen MR) is 104 cm³/mol. The number of imidazole rings is 1. The third-order valence-electron chi connectivity index (χ3n) is 5.16. The van der Waals surface area contributed by atoms with Crippen LogP contribution in [0.3, 0.4) is 0 Å². The molecule has 2 N–H and O–H groups in total. The first-order valence-corrected chi connectivity index (χ1v) is 9.28. The van der Waals surface area contributed by atoms with Crippen molar-refractivity contribution in [2.24, 2.45) is 0 Å². The van der Waals surface area contributed by atoms with Crippen molar-refractivity contribution >= 4 is 11.5 Å². The summed E-state index contributed by atoms with van der Waals surface area (Å²) in [6, 6.07) is 10.0. The molecule has 0 saturated heterocycles. The summed E-state index contributed by atoms with van der Waals surface area (Å²) in [4.78, 5) is 4.83. The van der Waals surface area contributed by atoms with Crippen LogP contribution in [-0.2, 0) is 0 Å². The molecule has 0 amide bonds. The zero-order valence-corrected chi connectivity index (χ0v) is 15.3. The Kier molecular flexibility index (Phi) is 4.45. The number of rotatable bonds is 4. The number of phenolic OH excluding ortho intramolecular Hbond substituents is 1. The molecule has 1 aliphatic rings. The number of ether oxygens (including phenoxy) is 1. The van der Waals surface area contributed by atoms with Gasteiger partial charge in [0, 0.05) is 17.8 Å². The van der Waals surface area contributed by atoms with Gasteiger partial charge >= 0.3 is 0 Å². The van der Waals surface area contributed by atoms with E-state index in [0.717, 1.165) is 22.7 Å². The summed E-state index contributed by atoms with van der Waals surface area (Å²) in [5.74, 6) is 1.59. The van der Waals surface area contributed by atoms with Crippen molar-refractivity contribution in [2.45, 2.75) is 45.1 Å². The van der Waals surface area contributed by atoms with Gasteiger partial charge in [-0.3, -0.25) is 4.40 Å². The molecule has 5 nitrogen and oxygen atoms in total. The van der Waals surface area contributed by atoms with Gasteiger partial charge in [0.25, 0.3) is 0 Å². The summed E-state index contributed by atoms with van der Waals surface area (Å²) in [6.07, 6.45) is 8.35. The quantitative estimate of drug-likeness (QED) is 0.711. The number of aryl methyl sites for hydroxylation is 1. The van der Waals surface area contributed by atoms with E-state index in [1.54, 1.807) is 19.2 Å². The number of hydrogen-bond donors (Lipinski definition) is 2. The van der Waals surface area contributed by atoms with Crippen molar-refractivity contribution in [1.29, 1.82) is 0 Å². The number of aromatic nitrogens is 2. The minimum absolute atomic E-state index is 0.127. The molecule has 1 aliphatic carbocycles. The van der Waals surface area contributed by atoms with Crippen LogP contribution in [0, 0.1) is 6.92 Å². The minimum atomic E-state index is 0.127. The van der Waals surface area contributed by atoms with Crippen molar-refractivity contribution in [3.63, 3.8) is 0 Å². The maximum atomic E-state index is 10.2. The highest BCUT2D eigenvalue weighted by Crippen LogP contribution is 2.36. The SMILES string of the molecule is COc1ccc(-c2nc3ccc(C)cn3c2NC2CCCCC2)cc1O. The first kappa shape index (κ1) is 16.8. The van der Waals surface area contributed by atoms with E-state index in [1.165, 1.54) is 37.7 Å². The van der Waals surface area contributed by atoms with E-state index in [9.17, 15) is 5.11 Å². The van der Waals surface area contributed by atoms with Crippen LogP contribution in [0.25, 0.3) is 16.9 Å². The Morgan fingerprint density at radius 3 is 2.69 bits per heavy atom. The Morgan fingerprint density at radius 2 is 1.96 bits per heavy atom. The average molecular weight is 351 g/mol. The van der Waals surface area contributed by atoms with E-state index >= 15 is 0 Å². The summed E-state index contributed by atoms with van der Waals surface area (Å²) < 4.78 is 7.30. The second kappa shape index (κ2) is 6.90. The van der Waals surface area contributed by atoms with Crippen LogP contribution in [0.2, 0.25) is 0 Å². The van der Waals surface area contributed by atoms with Gasteiger partial charge in [-0.15, -0.1) is 0 Å². The molecule has 2 aromatic heterocycles. The first-order valence-electron chi connectivity index (χ1n) is 9.28. The molecule has 5 heteroatoms. The van der Waals surface area contributed by atoms with Gasteiger partial charge in [0.05, 0.1) is 7.11 Å². The molecule has 0 aliphatic heterocycles. The molecule has 0 radical (unpaired) electrons. The van der Waals surface area contributed by atoms with Crippen LogP contribution in [0.5, 0.6) is 11.5 Å². The third-order valence-corrected chi connectivity index (χ3v) is 5.16. The highest BCUT2D eigenvalue weighted by Gasteiger charge is 2.20. The lowest BCUT2D eigenvalue weighted by Gasteiger charge is -2.24. The van der Waals surface area contributed by atoms with Gasteiger partial charge < -0.3 is 15.2 Å². The Morgan fingerprint density at radius 1 is 1.15 bits per heavy atom. The molecule has 136 valence electrons. The Bertz CT molecular complexity index is 926. The van der Waals surface area contributed by atoms with Crippen LogP contribution < -0.4 is 10.1 Å². The predicted octanol–water partition coefficient (Wildman–Crippen LogP) is 4.77. The molecule has 2 heterocycles. The normalized spacial score (nSPS) is 15.3. The van der Waals surface area contributed by atoms with Crippen molar-refractivity contribution in [3.8, 4) is 22.8 Å². The van der Waals surface area contributed by atoms with Crippen LogP contribution >= 0.6 is 0 Å². The number of benzene rings is 1. The highest BCUT2D eigenvalue weighted by molar-refractivity contribution is 5.78. The Balaban J connectivity index is 1.82. The molecule has 1 aromatic carbocycles. The van der Waals surface area contributed by atoms with E-state index in [-0.39, 0.29) is 5.75 Å². The van der Waals surface area contributed by atoms with Crippen LogP contribution in [0.4, 0.5) is 5.82 Å². The summed E-state index contributed by atoms with van der Waals surface area (Å²) >= 11 is 0. The highest BCUT2D eigenvalue weighted by atomic mass is 16.5. The van der Waals surface area contributed by atoms with E-state index in [4.69, 9.17) is 9.72 Å². The van der Waals surface area contributed by atoms with E-state index in [2.05, 4.69) is 28.9 Å². The maximum absolute atomic E-state index is 10.2. The second-order valence-corrected chi connectivity index (χ2v) is 7.11. The number of phenols is 1. The molecular weight excluding hydrogens is 326 g/mol. The maximum Gasteiger partial charge on any atom is 0.160 e. The standard InChI is InChI=1S/C21H25N3O2/c1-14-8-11-19-23-20(15-9-10-18(26-2)17(25)12-15)21(24(19)13-14)22-16-6-4-3-5-7-16/h8-13,16,22,25H,3-7H2,1-2H3.